The van der Waals surface area contributed by atoms with E-state index in [2.05, 4.69) is 11.9 Å². The van der Waals surface area contributed by atoms with Crippen molar-refractivity contribution in [1.29, 1.82) is 0 Å². The number of benzene rings is 1. The van der Waals surface area contributed by atoms with Gasteiger partial charge in [0.25, 0.3) is 0 Å². The molecule has 20 heavy (non-hydrogen) atoms. The topological polar surface area (TPSA) is 68.4 Å². The number of aliphatic hydroxyl groups excluding tert-OH is 1. The third-order valence-corrected chi connectivity index (χ3v) is 3.74. The smallest absolute Gasteiger partial charge is 0.146 e. The molecule has 0 radical (unpaired) electrons. The quantitative estimate of drug-likeness (QED) is 0.840. The zero-order chi connectivity index (χ0) is 14.1. The van der Waals surface area contributed by atoms with Crippen molar-refractivity contribution in [2.45, 2.75) is 25.9 Å². The molecule has 4 heteroatoms. The maximum absolute atomic E-state index is 9.10. The van der Waals surface area contributed by atoms with Crippen LogP contribution in [0.1, 0.15) is 17.5 Å². The zero-order valence-corrected chi connectivity index (χ0v) is 11.5. The number of hydrogen-bond donors (Lipinski definition) is 2. The molecule has 1 unspecified atom stereocenters. The van der Waals surface area contributed by atoms with Gasteiger partial charge in [-0.15, -0.1) is 0 Å². The van der Waals surface area contributed by atoms with E-state index >= 15 is 0 Å². The van der Waals surface area contributed by atoms with Gasteiger partial charge in [-0.05, 0) is 41.8 Å². The van der Waals surface area contributed by atoms with E-state index in [9.17, 15) is 0 Å². The summed E-state index contributed by atoms with van der Waals surface area (Å²) in [5, 5.41) is 9.10. The molecule has 104 valence electrons. The Morgan fingerprint density at radius 1 is 1.40 bits per heavy atom. The van der Waals surface area contributed by atoms with Crippen molar-refractivity contribution in [3.05, 3.63) is 41.7 Å². The van der Waals surface area contributed by atoms with Gasteiger partial charge in [0.05, 0.1) is 5.69 Å². The van der Waals surface area contributed by atoms with Crippen LogP contribution in [0.5, 0.6) is 5.75 Å². The molecular formula is C16H18N2O2. The standard InChI is InChI=1S/C16H18N2O2/c1-10-8-14(17)16-13(9-12(20-16)4-7-19)15(10)11-2-5-18-6-3-11/h2-3,5-6,8,12,19H,4,7,9,17H2,1H3. The molecule has 0 saturated heterocycles. The Bertz CT molecular complexity index is 626. The van der Waals surface area contributed by atoms with E-state index in [1.807, 2.05) is 18.2 Å². The molecular weight excluding hydrogens is 252 g/mol. The summed E-state index contributed by atoms with van der Waals surface area (Å²) in [6.07, 6.45) is 5.01. The lowest BCUT2D eigenvalue weighted by molar-refractivity contribution is 0.175. The number of pyridine rings is 1. The third kappa shape index (κ3) is 2.12. The second-order valence-electron chi connectivity index (χ2n) is 5.16. The van der Waals surface area contributed by atoms with Crippen LogP contribution in [-0.4, -0.2) is 22.8 Å². The molecule has 1 aliphatic rings. The van der Waals surface area contributed by atoms with E-state index in [1.54, 1.807) is 12.4 Å². The highest BCUT2D eigenvalue weighted by molar-refractivity contribution is 5.79. The van der Waals surface area contributed by atoms with Gasteiger partial charge < -0.3 is 15.6 Å². The summed E-state index contributed by atoms with van der Waals surface area (Å²) >= 11 is 0. The monoisotopic (exact) mass is 270 g/mol. The first kappa shape index (κ1) is 12.9. The molecule has 1 aliphatic heterocycles. The summed E-state index contributed by atoms with van der Waals surface area (Å²) in [7, 11) is 0. The van der Waals surface area contributed by atoms with Crippen LogP contribution in [0.4, 0.5) is 5.69 Å². The first-order valence-electron chi connectivity index (χ1n) is 6.80. The Morgan fingerprint density at radius 2 is 2.15 bits per heavy atom. The van der Waals surface area contributed by atoms with Gasteiger partial charge in [-0.2, -0.15) is 0 Å². The highest BCUT2D eigenvalue weighted by Gasteiger charge is 2.28. The largest absolute Gasteiger partial charge is 0.488 e. The number of nitrogens with zero attached hydrogens (tertiary/aromatic N) is 1. The molecule has 3 rings (SSSR count). The average molecular weight is 270 g/mol. The molecule has 0 fully saturated rings. The van der Waals surface area contributed by atoms with E-state index in [0.29, 0.717) is 12.1 Å². The van der Waals surface area contributed by atoms with Crippen LogP contribution in [0.2, 0.25) is 0 Å². The number of hydrogen-bond acceptors (Lipinski definition) is 4. The van der Waals surface area contributed by atoms with Gasteiger partial charge in [0, 0.05) is 37.4 Å². The molecule has 0 bridgehead atoms. The van der Waals surface area contributed by atoms with E-state index in [0.717, 1.165) is 28.9 Å². The van der Waals surface area contributed by atoms with Gasteiger partial charge in [-0.1, -0.05) is 0 Å². The number of aromatic nitrogens is 1. The van der Waals surface area contributed by atoms with Crippen molar-refractivity contribution < 1.29 is 9.84 Å². The van der Waals surface area contributed by atoms with E-state index in [1.165, 1.54) is 5.56 Å². The molecule has 0 amide bonds. The van der Waals surface area contributed by atoms with Crippen LogP contribution in [0.15, 0.2) is 30.6 Å². The molecule has 2 aromatic rings. The normalized spacial score (nSPS) is 16.8. The van der Waals surface area contributed by atoms with Crippen molar-refractivity contribution in [3.63, 3.8) is 0 Å². The molecule has 1 atom stereocenters. The second-order valence-corrected chi connectivity index (χ2v) is 5.16. The van der Waals surface area contributed by atoms with Crippen LogP contribution in [0.25, 0.3) is 11.1 Å². The van der Waals surface area contributed by atoms with Crippen molar-refractivity contribution >= 4 is 5.69 Å². The highest BCUT2D eigenvalue weighted by atomic mass is 16.5. The number of anilines is 1. The minimum Gasteiger partial charge on any atom is -0.488 e. The minimum atomic E-state index is 0.0136. The summed E-state index contributed by atoms with van der Waals surface area (Å²) in [6.45, 7) is 2.19. The summed E-state index contributed by atoms with van der Waals surface area (Å²) in [5.41, 5.74) is 11.3. The van der Waals surface area contributed by atoms with E-state index in [4.69, 9.17) is 15.6 Å². The van der Waals surface area contributed by atoms with Crippen molar-refractivity contribution in [1.82, 2.24) is 4.98 Å². The first-order chi connectivity index (χ1) is 9.70. The maximum Gasteiger partial charge on any atom is 0.146 e. The third-order valence-electron chi connectivity index (χ3n) is 3.74. The molecule has 0 spiro atoms. The molecule has 0 aliphatic carbocycles. The van der Waals surface area contributed by atoms with Crippen LogP contribution >= 0.6 is 0 Å². The number of aliphatic hydroxyl groups is 1. The van der Waals surface area contributed by atoms with Crippen molar-refractivity contribution in [3.8, 4) is 16.9 Å². The lowest BCUT2D eigenvalue weighted by atomic mass is 9.92. The fourth-order valence-electron chi connectivity index (χ4n) is 2.89. The Hall–Kier alpha value is -2.07. The van der Waals surface area contributed by atoms with Crippen LogP contribution in [0.3, 0.4) is 0 Å². The molecule has 1 aromatic heterocycles. The van der Waals surface area contributed by atoms with Gasteiger partial charge in [0.1, 0.15) is 11.9 Å². The second kappa shape index (κ2) is 5.13. The van der Waals surface area contributed by atoms with Gasteiger partial charge in [-0.25, -0.2) is 0 Å². The van der Waals surface area contributed by atoms with Crippen LogP contribution < -0.4 is 10.5 Å². The van der Waals surface area contributed by atoms with Crippen LogP contribution in [-0.2, 0) is 6.42 Å². The molecule has 1 aromatic carbocycles. The summed E-state index contributed by atoms with van der Waals surface area (Å²) in [5.74, 6) is 0.779. The Labute approximate surface area is 118 Å². The Morgan fingerprint density at radius 3 is 2.85 bits per heavy atom. The lowest BCUT2D eigenvalue weighted by Gasteiger charge is -2.13. The van der Waals surface area contributed by atoms with E-state index in [-0.39, 0.29) is 12.7 Å². The minimum absolute atomic E-state index is 0.0136. The molecule has 2 heterocycles. The average Bonchev–Trinajstić information content (AvgIpc) is 2.84. The number of ether oxygens (including phenoxy) is 1. The first-order valence-corrected chi connectivity index (χ1v) is 6.80. The lowest BCUT2D eigenvalue weighted by Crippen LogP contribution is -2.14. The van der Waals surface area contributed by atoms with Crippen molar-refractivity contribution in [2.24, 2.45) is 0 Å². The van der Waals surface area contributed by atoms with Gasteiger partial charge in [-0.3, -0.25) is 4.98 Å². The van der Waals surface area contributed by atoms with Crippen LogP contribution in [0, 0.1) is 6.92 Å². The number of fused-ring (bicyclic) bond motifs is 1. The predicted octanol–water partition coefficient (Wildman–Crippen LogP) is 2.33. The number of nitrogen functional groups attached to an aromatic ring is 1. The maximum atomic E-state index is 9.10. The fraction of sp³-hybridized carbons (Fsp3) is 0.312. The molecule has 3 N–H and O–H groups in total. The summed E-state index contributed by atoms with van der Waals surface area (Å²) < 4.78 is 5.89. The van der Waals surface area contributed by atoms with Gasteiger partial charge in [0.2, 0.25) is 0 Å². The number of aryl methyl sites for hydroxylation is 1. The predicted molar refractivity (Wildman–Crippen MR) is 78.6 cm³/mol. The zero-order valence-electron chi connectivity index (χ0n) is 11.5. The number of nitrogens with two attached hydrogens (primary N) is 1. The number of rotatable bonds is 3. The van der Waals surface area contributed by atoms with E-state index < -0.39 is 0 Å². The Kier molecular flexibility index (Phi) is 3.32. The fourth-order valence-corrected chi connectivity index (χ4v) is 2.89. The summed E-state index contributed by atoms with van der Waals surface area (Å²) in [4.78, 5) is 4.07. The highest BCUT2D eigenvalue weighted by Crippen LogP contribution is 2.43. The van der Waals surface area contributed by atoms with Gasteiger partial charge in [0.15, 0.2) is 0 Å². The van der Waals surface area contributed by atoms with Gasteiger partial charge >= 0.3 is 0 Å². The van der Waals surface area contributed by atoms with Crippen molar-refractivity contribution in [2.75, 3.05) is 12.3 Å². The summed E-state index contributed by atoms with van der Waals surface area (Å²) in [6, 6.07) is 5.95. The molecule has 0 saturated carbocycles. The Balaban J connectivity index is 2.11. The SMILES string of the molecule is Cc1cc(N)c2c(c1-c1ccncc1)CC(CCO)O2. The molecule has 4 nitrogen and oxygen atoms in total.